The van der Waals surface area contributed by atoms with E-state index in [0.29, 0.717) is 18.7 Å². The molecule has 2 rings (SSSR count). The van der Waals surface area contributed by atoms with E-state index in [1.54, 1.807) is 17.8 Å². The average molecular weight is 266 g/mol. The molecule has 1 aliphatic rings. The highest BCUT2D eigenvalue weighted by molar-refractivity contribution is 5.90. The Morgan fingerprint density at radius 1 is 1.63 bits per heavy atom. The second-order valence-electron chi connectivity index (χ2n) is 4.99. The van der Waals surface area contributed by atoms with Gasteiger partial charge in [-0.3, -0.25) is 9.58 Å². The van der Waals surface area contributed by atoms with Gasteiger partial charge < -0.3 is 10.5 Å². The van der Waals surface area contributed by atoms with Crippen molar-refractivity contribution >= 4 is 5.97 Å². The molecular weight excluding hydrogens is 244 g/mol. The molecule has 1 aliphatic heterocycles. The molecule has 1 atom stereocenters. The average Bonchev–Trinajstić information content (AvgIpc) is 2.72. The SMILES string of the molecule is CCOC(=O)c1cnn(C)c1CN1CCC[C@@H](N)C1. The molecule has 1 saturated heterocycles. The zero-order valence-corrected chi connectivity index (χ0v) is 11.6. The molecule has 0 aromatic carbocycles. The fraction of sp³-hybridized carbons (Fsp3) is 0.692. The molecule has 0 saturated carbocycles. The molecule has 1 fully saturated rings. The first-order chi connectivity index (χ1) is 9.11. The highest BCUT2D eigenvalue weighted by atomic mass is 16.5. The van der Waals surface area contributed by atoms with Gasteiger partial charge >= 0.3 is 5.97 Å². The summed E-state index contributed by atoms with van der Waals surface area (Å²) in [5, 5.41) is 4.16. The van der Waals surface area contributed by atoms with Crippen molar-refractivity contribution in [3.63, 3.8) is 0 Å². The van der Waals surface area contributed by atoms with Crippen LogP contribution < -0.4 is 5.73 Å². The maximum atomic E-state index is 11.9. The van der Waals surface area contributed by atoms with Crippen LogP contribution in [0, 0.1) is 0 Å². The lowest BCUT2D eigenvalue weighted by Crippen LogP contribution is -2.42. The number of ether oxygens (including phenoxy) is 1. The lowest BCUT2D eigenvalue weighted by Gasteiger charge is -2.30. The topological polar surface area (TPSA) is 73.4 Å². The first kappa shape index (κ1) is 14.0. The number of piperidine rings is 1. The second-order valence-corrected chi connectivity index (χ2v) is 4.99. The summed E-state index contributed by atoms with van der Waals surface area (Å²) in [4.78, 5) is 14.1. The maximum Gasteiger partial charge on any atom is 0.341 e. The molecule has 106 valence electrons. The third kappa shape index (κ3) is 3.33. The van der Waals surface area contributed by atoms with E-state index in [2.05, 4.69) is 10.00 Å². The molecule has 0 spiro atoms. The molecule has 2 N–H and O–H groups in total. The fourth-order valence-electron chi connectivity index (χ4n) is 2.48. The minimum atomic E-state index is -0.299. The molecule has 0 bridgehead atoms. The summed E-state index contributed by atoms with van der Waals surface area (Å²) >= 11 is 0. The van der Waals surface area contributed by atoms with Crippen molar-refractivity contribution in [2.24, 2.45) is 12.8 Å². The second kappa shape index (κ2) is 6.16. The van der Waals surface area contributed by atoms with Crippen LogP contribution in [0.1, 0.15) is 35.8 Å². The fourth-order valence-corrected chi connectivity index (χ4v) is 2.48. The van der Waals surface area contributed by atoms with Crippen LogP contribution in [0.3, 0.4) is 0 Å². The summed E-state index contributed by atoms with van der Waals surface area (Å²) in [6.07, 6.45) is 3.76. The van der Waals surface area contributed by atoms with Gasteiger partial charge in [-0.2, -0.15) is 5.10 Å². The number of nitrogens with two attached hydrogens (primary N) is 1. The number of carbonyl (C=O) groups excluding carboxylic acids is 1. The number of aromatic nitrogens is 2. The van der Waals surface area contributed by atoms with Crippen molar-refractivity contribution in [3.8, 4) is 0 Å². The minimum absolute atomic E-state index is 0.230. The van der Waals surface area contributed by atoms with Crippen molar-refractivity contribution in [1.82, 2.24) is 14.7 Å². The summed E-state index contributed by atoms with van der Waals surface area (Å²) in [6, 6.07) is 0.230. The molecular formula is C13H22N4O2. The van der Waals surface area contributed by atoms with Gasteiger partial charge in [0.05, 0.1) is 18.5 Å². The molecule has 0 aliphatic carbocycles. The predicted octanol–water partition coefficient (Wildman–Crippen LogP) is 0.520. The highest BCUT2D eigenvalue weighted by Crippen LogP contribution is 2.16. The number of rotatable bonds is 4. The van der Waals surface area contributed by atoms with Crippen LogP contribution in [0.25, 0.3) is 0 Å². The number of hydrogen-bond donors (Lipinski definition) is 1. The van der Waals surface area contributed by atoms with Gasteiger partial charge in [0.1, 0.15) is 5.56 Å². The van der Waals surface area contributed by atoms with Crippen molar-refractivity contribution in [3.05, 3.63) is 17.5 Å². The zero-order valence-electron chi connectivity index (χ0n) is 11.6. The first-order valence-corrected chi connectivity index (χ1v) is 6.77. The number of nitrogens with zero attached hydrogens (tertiary/aromatic N) is 3. The number of likely N-dealkylation sites (tertiary alicyclic amines) is 1. The van der Waals surface area contributed by atoms with Gasteiger partial charge in [0.25, 0.3) is 0 Å². The Morgan fingerprint density at radius 2 is 2.42 bits per heavy atom. The normalized spacial score (nSPS) is 20.5. The van der Waals surface area contributed by atoms with Gasteiger partial charge in [0.2, 0.25) is 0 Å². The Bertz CT molecular complexity index is 444. The standard InChI is InChI=1S/C13H22N4O2/c1-3-19-13(18)11-7-15-16(2)12(11)9-17-6-4-5-10(14)8-17/h7,10H,3-6,8-9,14H2,1-2H3/t10-/m1/s1. The Morgan fingerprint density at radius 3 is 3.11 bits per heavy atom. The third-order valence-corrected chi connectivity index (χ3v) is 3.47. The van der Waals surface area contributed by atoms with Crippen LogP contribution in [-0.4, -0.2) is 46.4 Å². The van der Waals surface area contributed by atoms with E-state index in [9.17, 15) is 4.79 Å². The number of hydrogen-bond acceptors (Lipinski definition) is 5. The Balaban J connectivity index is 2.10. The van der Waals surface area contributed by atoms with Crippen molar-refractivity contribution < 1.29 is 9.53 Å². The molecule has 6 heteroatoms. The molecule has 1 aromatic heterocycles. The molecule has 0 unspecified atom stereocenters. The van der Waals surface area contributed by atoms with Crippen LogP contribution in [-0.2, 0) is 18.3 Å². The number of esters is 1. The van der Waals surface area contributed by atoms with Crippen molar-refractivity contribution in [2.45, 2.75) is 32.4 Å². The van der Waals surface area contributed by atoms with Crippen LogP contribution in [0.2, 0.25) is 0 Å². The molecule has 0 amide bonds. The largest absolute Gasteiger partial charge is 0.462 e. The molecule has 1 aromatic rings. The van der Waals surface area contributed by atoms with E-state index in [4.69, 9.17) is 10.5 Å². The zero-order chi connectivity index (χ0) is 13.8. The lowest BCUT2D eigenvalue weighted by molar-refractivity contribution is 0.0523. The third-order valence-electron chi connectivity index (χ3n) is 3.47. The van der Waals surface area contributed by atoms with E-state index in [1.165, 1.54) is 0 Å². The van der Waals surface area contributed by atoms with E-state index in [-0.39, 0.29) is 12.0 Å². The van der Waals surface area contributed by atoms with E-state index < -0.39 is 0 Å². The van der Waals surface area contributed by atoms with E-state index in [0.717, 1.165) is 31.6 Å². The Labute approximate surface area is 113 Å². The van der Waals surface area contributed by atoms with Gasteiger partial charge in [-0.05, 0) is 26.3 Å². The van der Waals surface area contributed by atoms with Crippen LogP contribution in [0.5, 0.6) is 0 Å². The number of carbonyl (C=O) groups is 1. The molecule has 19 heavy (non-hydrogen) atoms. The van der Waals surface area contributed by atoms with Crippen molar-refractivity contribution in [2.75, 3.05) is 19.7 Å². The van der Waals surface area contributed by atoms with Gasteiger partial charge in [0.15, 0.2) is 0 Å². The van der Waals surface area contributed by atoms with Gasteiger partial charge in [-0.15, -0.1) is 0 Å². The summed E-state index contributed by atoms with van der Waals surface area (Å²) in [5.74, 6) is -0.299. The first-order valence-electron chi connectivity index (χ1n) is 6.77. The van der Waals surface area contributed by atoms with Gasteiger partial charge in [-0.25, -0.2) is 4.79 Å². The maximum absolute atomic E-state index is 11.9. The summed E-state index contributed by atoms with van der Waals surface area (Å²) < 4.78 is 6.80. The van der Waals surface area contributed by atoms with Crippen LogP contribution in [0.4, 0.5) is 0 Å². The minimum Gasteiger partial charge on any atom is -0.462 e. The number of aryl methyl sites for hydroxylation is 1. The molecule has 6 nitrogen and oxygen atoms in total. The summed E-state index contributed by atoms with van der Waals surface area (Å²) in [5.41, 5.74) is 7.44. The smallest absolute Gasteiger partial charge is 0.341 e. The summed E-state index contributed by atoms with van der Waals surface area (Å²) in [6.45, 7) is 4.76. The van der Waals surface area contributed by atoms with E-state index in [1.807, 2.05) is 7.05 Å². The summed E-state index contributed by atoms with van der Waals surface area (Å²) in [7, 11) is 1.85. The lowest BCUT2D eigenvalue weighted by atomic mass is 10.1. The van der Waals surface area contributed by atoms with E-state index >= 15 is 0 Å². The highest BCUT2D eigenvalue weighted by Gasteiger charge is 2.22. The monoisotopic (exact) mass is 266 g/mol. The van der Waals surface area contributed by atoms with Gasteiger partial charge in [-0.1, -0.05) is 0 Å². The van der Waals surface area contributed by atoms with Crippen LogP contribution >= 0.6 is 0 Å². The predicted molar refractivity (Wildman–Crippen MR) is 71.7 cm³/mol. The Kier molecular flexibility index (Phi) is 4.55. The molecule has 0 radical (unpaired) electrons. The van der Waals surface area contributed by atoms with Crippen LogP contribution in [0.15, 0.2) is 6.20 Å². The quantitative estimate of drug-likeness (QED) is 0.804. The van der Waals surface area contributed by atoms with Gasteiger partial charge in [0, 0.05) is 26.2 Å². The Hall–Kier alpha value is -1.40. The van der Waals surface area contributed by atoms with Crippen molar-refractivity contribution in [1.29, 1.82) is 0 Å². The molecule has 2 heterocycles.